The summed E-state index contributed by atoms with van der Waals surface area (Å²) in [6.45, 7) is 1.81. The summed E-state index contributed by atoms with van der Waals surface area (Å²) in [5, 5.41) is 3.36. The Morgan fingerprint density at radius 1 is 1.36 bits per heavy atom. The number of ether oxygens (including phenoxy) is 1. The summed E-state index contributed by atoms with van der Waals surface area (Å²) in [5.74, 6) is -0.0676. The summed E-state index contributed by atoms with van der Waals surface area (Å²) in [6.07, 6.45) is 0.298. The Bertz CT molecular complexity index is 767. The minimum absolute atomic E-state index is 0.110. The van der Waals surface area contributed by atoms with Gasteiger partial charge in [0, 0.05) is 22.7 Å². The third kappa shape index (κ3) is 2.18. The molecule has 0 aliphatic carbocycles. The van der Waals surface area contributed by atoms with Crippen molar-refractivity contribution >= 4 is 29.2 Å². The SMILES string of the molecule is COC(=O)c1ccc(CC2(C)C(=O)Nc3cccc(Cl)c32)o1. The van der Waals surface area contributed by atoms with Crippen molar-refractivity contribution in [1.29, 1.82) is 0 Å². The van der Waals surface area contributed by atoms with Crippen LogP contribution >= 0.6 is 11.6 Å². The van der Waals surface area contributed by atoms with Crippen LogP contribution in [0, 0.1) is 0 Å². The quantitative estimate of drug-likeness (QED) is 0.882. The number of anilines is 1. The van der Waals surface area contributed by atoms with E-state index in [1.54, 1.807) is 25.1 Å². The number of halogens is 1. The van der Waals surface area contributed by atoms with E-state index in [2.05, 4.69) is 10.1 Å². The van der Waals surface area contributed by atoms with Crippen LogP contribution in [0.5, 0.6) is 0 Å². The molecule has 1 aliphatic heterocycles. The fourth-order valence-electron chi connectivity index (χ4n) is 2.76. The lowest BCUT2D eigenvalue weighted by Crippen LogP contribution is -2.33. The summed E-state index contributed by atoms with van der Waals surface area (Å²) in [5.41, 5.74) is 0.608. The highest BCUT2D eigenvalue weighted by molar-refractivity contribution is 6.33. The van der Waals surface area contributed by atoms with Crippen LogP contribution in [0.1, 0.15) is 28.8 Å². The first-order chi connectivity index (χ1) is 10.5. The number of hydrogen-bond donors (Lipinski definition) is 1. The monoisotopic (exact) mass is 319 g/mol. The predicted molar refractivity (Wildman–Crippen MR) is 81.2 cm³/mol. The van der Waals surface area contributed by atoms with Gasteiger partial charge in [0.05, 0.1) is 12.5 Å². The first-order valence-corrected chi connectivity index (χ1v) is 7.11. The first-order valence-electron chi connectivity index (χ1n) is 6.73. The molecule has 0 saturated heterocycles. The number of benzene rings is 1. The van der Waals surface area contributed by atoms with E-state index < -0.39 is 11.4 Å². The third-order valence-corrected chi connectivity index (χ3v) is 4.21. The van der Waals surface area contributed by atoms with Gasteiger partial charge in [0.2, 0.25) is 11.7 Å². The Labute approximate surface area is 132 Å². The van der Waals surface area contributed by atoms with Crippen molar-refractivity contribution in [2.45, 2.75) is 18.8 Å². The summed E-state index contributed by atoms with van der Waals surface area (Å²) in [7, 11) is 1.28. The van der Waals surface area contributed by atoms with Gasteiger partial charge in [-0.3, -0.25) is 4.79 Å². The molecule has 2 aromatic rings. The lowest BCUT2D eigenvalue weighted by Gasteiger charge is -2.21. The fourth-order valence-corrected chi connectivity index (χ4v) is 3.15. The highest BCUT2D eigenvalue weighted by Gasteiger charge is 2.45. The number of fused-ring (bicyclic) bond motifs is 1. The van der Waals surface area contributed by atoms with E-state index in [-0.39, 0.29) is 11.7 Å². The Morgan fingerprint density at radius 3 is 2.86 bits per heavy atom. The molecular formula is C16H14ClNO4. The van der Waals surface area contributed by atoms with Gasteiger partial charge >= 0.3 is 5.97 Å². The largest absolute Gasteiger partial charge is 0.463 e. The lowest BCUT2D eigenvalue weighted by molar-refractivity contribution is -0.120. The summed E-state index contributed by atoms with van der Waals surface area (Å²) in [6, 6.07) is 8.55. The molecule has 1 amide bonds. The van der Waals surface area contributed by atoms with Crippen molar-refractivity contribution in [3.8, 4) is 0 Å². The highest BCUT2D eigenvalue weighted by Crippen LogP contribution is 2.44. The molecule has 114 valence electrons. The molecule has 1 N–H and O–H groups in total. The van der Waals surface area contributed by atoms with Crippen LogP contribution in [-0.2, 0) is 21.4 Å². The van der Waals surface area contributed by atoms with Gasteiger partial charge in [0.25, 0.3) is 0 Å². The zero-order valence-electron chi connectivity index (χ0n) is 12.1. The Balaban J connectivity index is 1.97. The number of methoxy groups -OCH3 is 1. The number of carbonyl (C=O) groups excluding carboxylic acids is 2. The minimum Gasteiger partial charge on any atom is -0.463 e. The number of hydrogen-bond acceptors (Lipinski definition) is 4. The number of esters is 1. The van der Waals surface area contributed by atoms with Crippen molar-refractivity contribution in [1.82, 2.24) is 0 Å². The number of furan rings is 1. The van der Waals surface area contributed by atoms with Gasteiger partial charge in [0.15, 0.2) is 0 Å². The molecule has 0 spiro atoms. The second-order valence-corrected chi connectivity index (χ2v) is 5.79. The molecular weight excluding hydrogens is 306 g/mol. The predicted octanol–water partition coefficient (Wildman–Crippen LogP) is 3.17. The molecule has 0 fully saturated rings. The van der Waals surface area contributed by atoms with E-state index in [9.17, 15) is 9.59 Å². The van der Waals surface area contributed by atoms with E-state index in [0.29, 0.717) is 22.9 Å². The first kappa shape index (κ1) is 14.7. The Morgan fingerprint density at radius 2 is 2.14 bits per heavy atom. The van der Waals surface area contributed by atoms with Gasteiger partial charge in [-0.05, 0) is 31.2 Å². The van der Waals surface area contributed by atoms with Crippen molar-refractivity contribution < 1.29 is 18.7 Å². The van der Waals surface area contributed by atoms with Crippen molar-refractivity contribution in [3.05, 3.63) is 52.4 Å². The normalized spacial score (nSPS) is 19.7. The van der Waals surface area contributed by atoms with Crippen LogP contribution in [0.15, 0.2) is 34.7 Å². The molecule has 2 heterocycles. The van der Waals surface area contributed by atoms with Crippen LogP contribution in [0.2, 0.25) is 5.02 Å². The molecule has 5 nitrogen and oxygen atoms in total. The molecule has 1 aromatic carbocycles. The highest BCUT2D eigenvalue weighted by atomic mass is 35.5. The molecule has 1 aromatic heterocycles. The molecule has 0 bridgehead atoms. The second kappa shape index (κ2) is 5.18. The zero-order valence-corrected chi connectivity index (χ0v) is 12.9. The van der Waals surface area contributed by atoms with Crippen molar-refractivity contribution in [3.63, 3.8) is 0 Å². The molecule has 3 rings (SSSR count). The van der Waals surface area contributed by atoms with Gasteiger partial charge in [0.1, 0.15) is 5.76 Å². The van der Waals surface area contributed by atoms with Crippen molar-refractivity contribution in [2.24, 2.45) is 0 Å². The van der Waals surface area contributed by atoms with Gasteiger partial charge in [-0.25, -0.2) is 4.79 Å². The lowest BCUT2D eigenvalue weighted by atomic mass is 9.80. The number of nitrogens with one attached hydrogen (secondary N) is 1. The minimum atomic E-state index is -0.848. The van der Waals surface area contributed by atoms with Crippen molar-refractivity contribution in [2.75, 3.05) is 12.4 Å². The molecule has 1 atom stereocenters. The Hall–Kier alpha value is -2.27. The number of rotatable bonds is 3. The van der Waals surface area contributed by atoms with Crippen LogP contribution < -0.4 is 5.32 Å². The fraction of sp³-hybridized carbons (Fsp3) is 0.250. The third-order valence-electron chi connectivity index (χ3n) is 3.89. The number of carbonyl (C=O) groups is 2. The molecule has 0 saturated carbocycles. The van der Waals surface area contributed by atoms with Crippen LogP contribution in [0.3, 0.4) is 0 Å². The van der Waals surface area contributed by atoms with E-state index in [0.717, 1.165) is 5.56 Å². The topological polar surface area (TPSA) is 68.5 Å². The summed E-state index contributed by atoms with van der Waals surface area (Å²) >= 11 is 6.27. The zero-order chi connectivity index (χ0) is 15.9. The second-order valence-electron chi connectivity index (χ2n) is 5.38. The maximum absolute atomic E-state index is 12.4. The maximum Gasteiger partial charge on any atom is 0.373 e. The molecule has 1 aliphatic rings. The van der Waals surface area contributed by atoms with E-state index in [4.69, 9.17) is 16.0 Å². The summed E-state index contributed by atoms with van der Waals surface area (Å²) < 4.78 is 10.1. The van der Waals surface area contributed by atoms with E-state index >= 15 is 0 Å². The average molecular weight is 320 g/mol. The van der Waals surface area contributed by atoms with Gasteiger partial charge in [-0.15, -0.1) is 0 Å². The van der Waals surface area contributed by atoms with Crippen LogP contribution in [0.4, 0.5) is 5.69 Å². The van der Waals surface area contributed by atoms with E-state index in [1.165, 1.54) is 13.2 Å². The van der Waals surface area contributed by atoms with Crippen LogP contribution in [0.25, 0.3) is 0 Å². The Kier molecular flexibility index (Phi) is 3.45. The number of amides is 1. The van der Waals surface area contributed by atoms with E-state index in [1.807, 2.05) is 6.07 Å². The smallest absolute Gasteiger partial charge is 0.373 e. The standard InChI is InChI=1S/C16H14ClNO4/c1-16(8-9-6-7-12(22-9)14(19)21-2)13-10(17)4-3-5-11(13)18-15(16)20/h3-7H,8H2,1-2H3,(H,18,20). The molecule has 6 heteroatoms. The van der Waals surface area contributed by atoms with Crippen LogP contribution in [-0.4, -0.2) is 19.0 Å². The maximum atomic E-state index is 12.4. The molecule has 22 heavy (non-hydrogen) atoms. The van der Waals surface area contributed by atoms with Gasteiger partial charge < -0.3 is 14.5 Å². The average Bonchev–Trinajstić information content (AvgIpc) is 3.03. The van der Waals surface area contributed by atoms with Gasteiger partial charge in [-0.2, -0.15) is 0 Å². The molecule has 0 radical (unpaired) electrons. The summed E-state index contributed by atoms with van der Waals surface area (Å²) in [4.78, 5) is 23.8. The van der Waals surface area contributed by atoms with Gasteiger partial charge in [-0.1, -0.05) is 17.7 Å². The molecule has 1 unspecified atom stereocenters.